The molecular formula is C19H39NO2. The maximum Gasteiger partial charge on any atom is 0.152 e. The van der Waals surface area contributed by atoms with Gasteiger partial charge in [0.1, 0.15) is 0 Å². The van der Waals surface area contributed by atoms with Gasteiger partial charge in [-0.1, -0.05) is 34.1 Å². The van der Waals surface area contributed by atoms with Crippen LogP contribution in [0.5, 0.6) is 0 Å². The molecule has 0 aromatic carbocycles. The Morgan fingerprint density at radius 2 is 1.59 bits per heavy atom. The van der Waals surface area contributed by atoms with Gasteiger partial charge in [0.15, 0.2) is 5.78 Å². The topological polar surface area (TPSA) is 38.3 Å². The summed E-state index contributed by atoms with van der Waals surface area (Å²) in [6, 6.07) is 0. The second-order valence-corrected chi connectivity index (χ2v) is 8.43. The van der Waals surface area contributed by atoms with Crippen molar-refractivity contribution in [2.75, 3.05) is 13.2 Å². The Kier molecular flexibility index (Phi) is 9.49. The third kappa shape index (κ3) is 9.58. The highest BCUT2D eigenvalue weighted by atomic mass is 16.5. The summed E-state index contributed by atoms with van der Waals surface area (Å²) in [5.74, 6) is 0.853. The Labute approximate surface area is 138 Å². The van der Waals surface area contributed by atoms with Crippen LogP contribution in [0, 0.1) is 11.3 Å². The lowest BCUT2D eigenvalue weighted by atomic mass is 9.81. The van der Waals surface area contributed by atoms with E-state index in [0.29, 0.717) is 24.2 Å². The number of carbonyl (C=O) groups excluding carboxylic acids is 1. The van der Waals surface area contributed by atoms with Gasteiger partial charge in [-0.25, -0.2) is 0 Å². The first-order chi connectivity index (χ1) is 9.97. The normalized spacial score (nSPS) is 14.4. The first-order valence-corrected chi connectivity index (χ1v) is 8.86. The number of ketones is 1. The third-order valence-electron chi connectivity index (χ3n) is 4.53. The van der Waals surface area contributed by atoms with Gasteiger partial charge in [-0.2, -0.15) is 0 Å². The van der Waals surface area contributed by atoms with E-state index in [1.165, 1.54) is 0 Å². The smallest absolute Gasteiger partial charge is 0.152 e. The summed E-state index contributed by atoms with van der Waals surface area (Å²) in [7, 11) is 0. The van der Waals surface area contributed by atoms with Crippen molar-refractivity contribution in [1.29, 1.82) is 0 Å². The fourth-order valence-electron chi connectivity index (χ4n) is 2.01. The Hall–Kier alpha value is -0.410. The maximum absolute atomic E-state index is 12.4. The highest BCUT2D eigenvalue weighted by molar-refractivity contribution is 5.87. The van der Waals surface area contributed by atoms with Crippen molar-refractivity contribution in [3.8, 4) is 0 Å². The van der Waals surface area contributed by atoms with Gasteiger partial charge in [0.05, 0.1) is 11.6 Å². The van der Waals surface area contributed by atoms with Crippen LogP contribution in [0.2, 0.25) is 0 Å². The lowest BCUT2D eigenvalue weighted by molar-refractivity contribution is -0.124. The zero-order valence-electron chi connectivity index (χ0n) is 16.2. The molecule has 0 radical (unpaired) electrons. The molecule has 0 fully saturated rings. The second kappa shape index (κ2) is 9.67. The van der Waals surface area contributed by atoms with Crippen LogP contribution in [0.15, 0.2) is 0 Å². The van der Waals surface area contributed by atoms with Gasteiger partial charge in [-0.15, -0.1) is 0 Å². The van der Waals surface area contributed by atoms with Gasteiger partial charge < -0.3 is 10.1 Å². The van der Waals surface area contributed by atoms with E-state index >= 15 is 0 Å². The Morgan fingerprint density at radius 3 is 2.09 bits per heavy atom. The van der Waals surface area contributed by atoms with E-state index in [1.54, 1.807) is 0 Å². The average Bonchev–Trinajstić information content (AvgIpc) is 2.38. The SMILES string of the molecule is CC(C)OCCCCCC(=O)C(C)(C)NCC(C)C(C)(C)C. The first kappa shape index (κ1) is 21.6. The van der Waals surface area contributed by atoms with Crippen LogP contribution in [-0.2, 0) is 9.53 Å². The quantitative estimate of drug-likeness (QED) is 0.567. The van der Waals surface area contributed by atoms with Gasteiger partial charge in [-0.3, -0.25) is 4.79 Å². The number of unbranched alkanes of at least 4 members (excludes halogenated alkanes) is 2. The third-order valence-corrected chi connectivity index (χ3v) is 4.53. The molecule has 0 aliphatic rings. The predicted octanol–water partition coefficient (Wildman–Crippen LogP) is 4.59. The fraction of sp³-hybridized carbons (Fsp3) is 0.947. The molecule has 3 heteroatoms. The molecule has 0 aromatic rings. The van der Waals surface area contributed by atoms with E-state index < -0.39 is 5.54 Å². The van der Waals surface area contributed by atoms with Crippen LogP contribution in [0.4, 0.5) is 0 Å². The molecule has 0 bridgehead atoms. The van der Waals surface area contributed by atoms with Crippen LogP contribution in [0.3, 0.4) is 0 Å². The van der Waals surface area contributed by atoms with Crippen LogP contribution in [-0.4, -0.2) is 30.6 Å². The molecule has 0 spiro atoms. The number of nitrogens with one attached hydrogen (secondary N) is 1. The largest absolute Gasteiger partial charge is 0.379 e. The number of ether oxygens (including phenoxy) is 1. The second-order valence-electron chi connectivity index (χ2n) is 8.43. The van der Waals surface area contributed by atoms with Crippen LogP contribution in [0.25, 0.3) is 0 Å². The van der Waals surface area contributed by atoms with Crippen molar-refractivity contribution in [3.05, 3.63) is 0 Å². The van der Waals surface area contributed by atoms with Gasteiger partial charge >= 0.3 is 0 Å². The summed E-state index contributed by atoms with van der Waals surface area (Å²) >= 11 is 0. The van der Waals surface area contributed by atoms with Crippen molar-refractivity contribution in [2.45, 2.75) is 92.7 Å². The molecule has 0 aliphatic heterocycles. The van der Waals surface area contributed by atoms with Gasteiger partial charge in [0.25, 0.3) is 0 Å². The number of carbonyl (C=O) groups is 1. The highest BCUT2D eigenvalue weighted by Crippen LogP contribution is 2.25. The predicted molar refractivity (Wildman–Crippen MR) is 95.3 cm³/mol. The van der Waals surface area contributed by atoms with E-state index in [-0.39, 0.29) is 5.41 Å². The molecule has 0 aliphatic carbocycles. The lowest BCUT2D eigenvalue weighted by Gasteiger charge is -2.32. The molecule has 1 N–H and O–H groups in total. The van der Waals surface area contributed by atoms with Crippen molar-refractivity contribution < 1.29 is 9.53 Å². The summed E-state index contributed by atoms with van der Waals surface area (Å²) in [6.07, 6.45) is 4.02. The first-order valence-electron chi connectivity index (χ1n) is 8.86. The minimum Gasteiger partial charge on any atom is -0.379 e. The molecule has 0 heterocycles. The fourth-order valence-corrected chi connectivity index (χ4v) is 2.01. The highest BCUT2D eigenvalue weighted by Gasteiger charge is 2.28. The van der Waals surface area contributed by atoms with Crippen molar-refractivity contribution >= 4 is 5.78 Å². The maximum atomic E-state index is 12.4. The molecule has 22 heavy (non-hydrogen) atoms. The number of hydrogen-bond acceptors (Lipinski definition) is 3. The van der Waals surface area contributed by atoms with Gasteiger partial charge in [0.2, 0.25) is 0 Å². The summed E-state index contributed by atoms with van der Waals surface area (Å²) in [5.41, 5.74) is -0.156. The zero-order valence-corrected chi connectivity index (χ0v) is 16.2. The average molecular weight is 314 g/mol. The Bertz CT molecular complexity index is 316. The number of rotatable bonds is 11. The summed E-state index contributed by atoms with van der Waals surface area (Å²) in [4.78, 5) is 12.4. The van der Waals surface area contributed by atoms with Gasteiger partial charge in [-0.05, 0) is 58.4 Å². The zero-order chi connectivity index (χ0) is 17.4. The van der Waals surface area contributed by atoms with Crippen LogP contribution >= 0.6 is 0 Å². The number of hydrogen-bond donors (Lipinski definition) is 1. The van der Waals surface area contributed by atoms with Crippen molar-refractivity contribution in [2.24, 2.45) is 11.3 Å². The molecular weight excluding hydrogens is 274 g/mol. The summed E-state index contributed by atoms with van der Waals surface area (Å²) < 4.78 is 5.52. The van der Waals surface area contributed by atoms with E-state index in [4.69, 9.17) is 4.74 Å². The summed E-state index contributed by atoms with van der Waals surface area (Å²) in [6.45, 7) is 18.8. The Balaban J connectivity index is 3.98. The molecule has 0 amide bonds. The molecule has 1 unspecified atom stereocenters. The van der Waals surface area contributed by atoms with E-state index in [9.17, 15) is 4.79 Å². The number of Topliss-reactive ketones (excluding diaryl/α,β-unsaturated/α-hetero) is 1. The van der Waals surface area contributed by atoms with E-state index in [1.807, 2.05) is 13.8 Å². The van der Waals surface area contributed by atoms with Crippen LogP contribution in [0.1, 0.15) is 81.1 Å². The molecule has 3 nitrogen and oxygen atoms in total. The monoisotopic (exact) mass is 313 g/mol. The molecule has 132 valence electrons. The van der Waals surface area contributed by atoms with Crippen molar-refractivity contribution in [1.82, 2.24) is 5.32 Å². The lowest BCUT2D eigenvalue weighted by Crippen LogP contribution is -2.49. The molecule has 1 atom stereocenters. The minimum absolute atomic E-state index is 0.266. The van der Waals surface area contributed by atoms with Gasteiger partial charge in [0, 0.05) is 13.0 Å². The molecule has 0 rings (SSSR count). The molecule has 0 saturated carbocycles. The van der Waals surface area contributed by atoms with Crippen molar-refractivity contribution in [3.63, 3.8) is 0 Å². The Morgan fingerprint density at radius 1 is 1.00 bits per heavy atom. The van der Waals surface area contributed by atoms with E-state index in [0.717, 1.165) is 32.4 Å². The summed E-state index contributed by atoms with van der Waals surface area (Å²) in [5, 5.41) is 3.46. The van der Waals surface area contributed by atoms with Crippen LogP contribution < -0.4 is 5.32 Å². The standard InChI is InChI=1S/C19H39NO2/c1-15(2)22-13-11-9-10-12-17(21)19(7,8)20-14-16(3)18(4,5)6/h15-16,20H,9-14H2,1-8H3. The van der Waals surface area contributed by atoms with E-state index in [2.05, 4.69) is 46.9 Å². The minimum atomic E-state index is -0.423. The molecule has 0 saturated heterocycles. The molecule has 0 aromatic heterocycles.